The van der Waals surface area contributed by atoms with Crippen LogP contribution in [0.1, 0.15) is 24.0 Å². The summed E-state index contributed by atoms with van der Waals surface area (Å²) in [5.41, 5.74) is 2.96. The molecule has 0 atom stereocenters. The summed E-state index contributed by atoms with van der Waals surface area (Å²) in [6, 6.07) is 4.99. The van der Waals surface area contributed by atoms with Crippen molar-refractivity contribution in [3.05, 3.63) is 45.8 Å². The number of rotatable bonds is 4. The van der Waals surface area contributed by atoms with E-state index < -0.39 is 0 Å². The van der Waals surface area contributed by atoms with Crippen LogP contribution in [0.15, 0.2) is 24.5 Å². The lowest BCUT2D eigenvalue weighted by Gasteiger charge is -2.25. The van der Waals surface area contributed by atoms with Crippen LogP contribution >= 0.6 is 0 Å². The lowest BCUT2D eigenvalue weighted by molar-refractivity contribution is -0.384. The Kier molecular flexibility index (Phi) is 4.42. The van der Waals surface area contributed by atoms with Gasteiger partial charge in [0.2, 0.25) is 5.88 Å². The summed E-state index contributed by atoms with van der Waals surface area (Å²) >= 11 is 0. The van der Waals surface area contributed by atoms with E-state index in [1.807, 2.05) is 6.92 Å². The number of nitrogens with zero attached hydrogens (tertiary/aromatic N) is 4. The molecule has 4 rings (SSSR count). The van der Waals surface area contributed by atoms with Crippen molar-refractivity contribution >= 4 is 17.2 Å². The highest BCUT2D eigenvalue weighted by Gasteiger charge is 2.26. The van der Waals surface area contributed by atoms with E-state index in [1.165, 1.54) is 6.33 Å². The van der Waals surface area contributed by atoms with Gasteiger partial charge in [-0.1, -0.05) is 0 Å². The number of benzene rings is 1. The second kappa shape index (κ2) is 6.87. The smallest absolute Gasteiger partial charge is 0.269 e. The summed E-state index contributed by atoms with van der Waals surface area (Å²) in [6.07, 6.45) is 4.39. The second-order valence-corrected chi connectivity index (χ2v) is 6.67. The molecule has 8 heteroatoms. The van der Waals surface area contributed by atoms with Crippen molar-refractivity contribution < 1.29 is 9.66 Å². The highest BCUT2D eigenvalue weighted by molar-refractivity contribution is 5.71. The maximum Gasteiger partial charge on any atom is 0.269 e. The topological polar surface area (TPSA) is 93.4 Å². The molecule has 2 aliphatic heterocycles. The molecule has 136 valence electrons. The lowest BCUT2D eigenvalue weighted by Crippen LogP contribution is -2.34. The number of nitro benzene ring substituents is 1. The molecule has 0 aliphatic carbocycles. The third kappa shape index (κ3) is 3.08. The number of hydrogen-bond acceptors (Lipinski definition) is 7. The Morgan fingerprint density at radius 3 is 2.88 bits per heavy atom. The minimum Gasteiger partial charge on any atom is -0.474 e. The van der Waals surface area contributed by atoms with Crippen molar-refractivity contribution in [2.24, 2.45) is 0 Å². The molecule has 2 aliphatic rings. The fraction of sp³-hybridized carbons (Fsp3) is 0.444. The third-order valence-corrected chi connectivity index (χ3v) is 5.00. The van der Waals surface area contributed by atoms with Gasteiger partial charge in [-0.25, -0.2) is 9.97 Å². The lowest BCUT2D eigenvalue weighted by atomic mass is 10.1. The first-order valence-electron chi connectivity index (χ1n) is 8.87. The molecule has 1 aromatic carbocycles. The van der Waals surface area contributed by atoms with Gasteiger partial charge >= 0.3 is 0 Å². The van der Waals surface area contributed by atoms with E-state index >= 15 is 0 Å². The maximum atomic E-state index is 11.0. The Balaban J connectivity index is 1.61. The van der Waals surface area contributed by atoms with Crippen molar-refractivity contribution in [2.45, 2.75) is 32.3 Å². The van der Waals surface area contributed by atoms with Gasteiger partial charge in [0.05, 0.1) is 10.5 Å². The Labute approximate surface area is 151 Å². The molecule has 0 unspecified atom stereocenters. The zero-order valence-electron chi connectivity index (χ0n) is 14.6. The molecule has 1 fully saturated rings. The number of fused-ring (bicyclic) bond motifs is 1. The zero-order valence-corrected chi connectivity index (χ0v) is 14.6. The number of piperidine rings is 1. The monoisotopic (exact) mass is 355 g/mol. The molecular weight excluding hydrogens is 334 g/mol. The zero-order chi connectivity index (χ0) is 18.1. The molecule has 2 aromatic rings. The molecule has 0 bridgehead atoms. The highest BCUT2D eigenvalue weighted by atomic mass is 16.6. The van der Waals surface area contributed by atoms with Gasteiger partial charge in [-0.05, 0) is 50.9 Å². The number of anilines is 2. The van der Waals surface area contributed by atoms with Crippen molar-refractivity contribution in [3.8, 4) is 5.88 Å². The van der Waals surface area contributed by atoms with Crippen LogP contribution in [0.5, 0.6) is 5.88 Å². The SMILES string of the molecule is Cc1c(OC2CCNCC2)ncnc1N1CCc2cc([N+](=O)[O-])ccc21. The molecule has 1 saturated heterocycles. The summed E-state index contributed by atoms with van der Waals surface area (Å²) in [5.74, 6) is 1.42. The normalized spacial score (nSPS) is 17.2. The van der Waals surface area contributed by atoms with E-state index in [0.29, 0.717) is 5.88 Å². The van der Waals surface area contributed by atoms with Crippen molar-refractivity contribution in [1.29, 1.82) is 0 Å². The predicted molar refractivity (Wildman–Crippen MR) is 97.1 cm³/mol. The van der Waals surface area contributed by atoms with Crippen LogP contribution in [-0.2, 0) is 6.42 Å². The summed E-state index contributed by atoms with van der Waals surface area (Å²) in [5, 5.41) is 14.3. The molecule has 26 heavy (non-hydrogen) atoms. The second-order valence-electron chi connectivity index (χ2n) is 6.67. The third-order valence-electron chi connectivity index (χ3n) is 5.00. The average Bonchev–Trinajstić information content (AvgIpc) is 3.07. The van der Waals surface area contributed by atoms with Gasteiger partial charge in [0.1, 0.15) is 18.2 Å². The van der Waals surface area contributed by atoms with Crippen molar-refractivity contribution in [3.63, 3.8) is 0 Å². The molecule has 0 amide bonds. The van der Waals surface area contributed by atoms with E-state index in [2.05, 4.69) is 20.2 Å². The molecule has 1 N–H and O–H groups in total. The fourth-order valence-corrected chi connectivity index (χ4v) is 3.61. The largest absolute Gasteiger partial charge is 0.474 e. The number of nitro groups is 1. The van der Waals surface area contributed by atoms with E-state index in [4.69, 9.17) is 4.74 Å². The van der Waals surface area contributed by atoms with Crippen LogP contribution in [0.4, 0.5) is 17.2 Å². The molecule has 3 heterocycles. The van der Waals surface area contributed by atoms with E-state index in [9.17, 15) is 10.1 Å². The van der Waals surface area contributed by atoms with Crippen molar-refractivity contribution in [2.75, 3.05) is 24.5 Å². The Morgan fingerprint density at radius 1 is 1.31 bits per heavy atom. The quantitative estimate of drug-likeness (QED) is 0.665. The number of ether oxygens (including phenoxy) is 1. The number of hydrogen-bond donors (Lipinski definition) is 1. The van der Waals surface area contributed by atoms with Crippen LogP contribution in [0.3, 0.4) is 0 Å². The molecule has 8 nitrogen and oxygen atoms in total. The van der Waals surface area contributed by atoms with E-state index in [1.54, 1.807) is 18.2 Å². The Hall–Kier alpha value is -2.74. The van der Waals surface area contributed by atoms with Gasteiger partial charge in [0.15, 0.2) is 0 Å². The molecule has 0 radical (unpaired) electrons. The van der Waals surface area contributed by atoms with Gasteiger partial charge in [-0.3, -0.25) is 10.1 Å². The van der Waals surface area contributed by atoms with Gasteiger partial charge in [-0.15, -0.1) is 0 Å². The fourth-order valence-electron chi connectivity index (χ4n) is 3.61. The molecule has 1 aromatic heterocycles. The maximum absolute atomic E-state index is 11.0. The first-order valence-corrected chi connectivity index (χ1v) is 8.87. The summed E-state index contributed by atoms with van der Waals surface area (Å²) in [6.45, 7) is 4.62. The minimum absolute atomic E-state index is 0.125. The summed E-state index contributed by atoms with van der Waals surface area (Å²) in [4.78, 5) is 21.5. The Bertz CT molecular complexity index is 836. The van der Waals surface area contributed by atoms with Crippen LogP contribution < -0.4 is 15.0 Å². The predicted octanol–water partition coefficient (Wildman–Crippen LogP) is 2.52. The minimum atomic E-state index is -0.357. The van der Waals surface area contributed by atoms with E-state index in [-0.39, 0.29) is 16.7 Å². The molecule has 0 spiro atoms. The number of non-ortho nitro benzene ring substituents is 1. The average molecular weight is 355 g/mol. The van der Waals surface area contributed by atoms with Crippen LogP contribution in [0, 0.1) is 17.0 Å². The van der Waals surface area contributed by atoms with E-state index in [0.717, 1.165) is 61.5 Å². The van der Waals surface area contributed by atoms with Gasteiger partial charge < -0.3 is 15.0 Å². The first kappa shape index (κ1) is 16.7. The number of nitrogens with one attached hydrogen (secondary N) is 1. The van der Waals surface area contributed by atoms with Gasteiger partial charge in [-0.2, -0.15) is 0 Å². The molecular formula is C18H21N5O3. The standard InChI is InChI=1S/C18H21N5O3/c1-12-17(20-11-21-18(12)26-15-4-7-19-8-5-15)22-9-6-13-10-14(23(24)25)2-3-16(13)22/h2-3,10-11,15,19H,4-9H2,1H3. The molecule has 0 saturated carbocycles. The summed E-state index contributed by atoms with van der Waals surface area (Å²) < 4.78 is 6.12. The van der Waals surface area contributed by atoms with Crippen molar-refractivity contribution in [1.82, 2.24) is 15.3 Å². The number of aromatic nitrogens is 2. The van der Waals surface area contributed by atoms with Gasteiger partial charge in [0, 0.05) is 24.4 Å². The first-order chi connectivity index (χ1) is 12.6. The van der Waals surface area contributed by atoms with Crippen LogP contribution in [0.25, 0.3) is 0 Å². The highest BCUT2D eigenvalue weighted by Crippen LogP contribution is 2.38. The Morgan fingerprint density at radius 2 is 2.12 bits per heavy atom. The van der Waals surface area contributed by atoms with Crippen LogP contribution in [-0.4, -0.2) is 40.6 Å². The summed E-state index contributed by atoms with van der Waals surface area (Å²) in [7, 11) is 0. The van der Waals surface area contributed by atoms with Gasteiger partial charge in [0.25, 0.3) is 5.69 Å². The van der Waals surface area contributed by atoms with Crippen LogP contribution in [0.2, 0.25) is 0 Å².